The number of hydrogen-bond acceptors (Lipinski definition) is 5. The summed E-state index contributed by atoms with van der Waals surface area (Å²) in [4.78, 5) is 12.2. The summed E-state index contributed by atoms with van der Waals surface area (Å²) in [5, 5.41) is 11.4. The third-order valence-corrected chi connectivity index (χ3v) is 5.64. The van der Waals surface area contributed by atoms with Gasteiger partial charge in [-0.3, -0.25) is 4.79 Å². The molecular formula is C23H27N3O2S. The maximum absolute atomic E-state index is 12.2. The Morgan fingerprint density at radius 2 is 1.79 bits per heavy atom. The maximum atomic E-state index is 12.2. The second-order valence-electron chi connectivity index (χ2n) is 7.90. The molecule has 0 saturated carbocycles. The van der Waals surface area contributed by atoms with Crippen LogP contribution in [-0.2, 0) is 16.6 Å². The number of carbonyl (C=O) groups is 1. The number of benzene rings is 2. The van der Waals surface area contributed by atoms with Gasteiger partial charge in [-0.15, -0.1) is 5.10 Å². The lowest BCUT2D eigenvalue weighted by atomic mass is 9.87. The SMILES string of the molecule is CCOc1ccc(CC2S/C(=N/N=C/c3ccc(C(C)(C)C)cc3)NC2=O)cc1. The molecule has 0 spiro atoms. The van der Waals surface area contributed by atoms with Crippen molar-refractivity contribution in [3.05, 3.63) is 65.2 Å². The smallest absolute Gasteiger partial charge is 0.239 e. The van der Waals surface area contributed by atoms with Crippen molar-refractivity contribution < 1.29 is 9.53 Å². The maximum Gasteiger partial charge on any atom is 0.239 e. The molecule has 1 N–H and O–H groups in total. The topological polar surface area (TPSA) is 63.1 Å². The average molecular weight is 410 g/mol. The minimum absolute atomic E-state index is 0.0348. The molecule has 0 aliphatic carbocycles. The van der Waals surface area contributed by atoms with Gasteiger partial charge in [-0.25, -0.2) is 0 Å². The number of thioether (sulfide) groups is 1. The van der Waals surface area contributed by atoms with E-state index >= 15 is 0 Å². The zero-order valence-electron chi connectivity index (χ0n) is 17.3. The van der Waals surface area contributed by atoms with E-state index in [9.17, 15) is 4.79 Å². The number of nitrogens with zero attached hydrogens (tertiary/aromatic N) is 2. The van der Waals surface area contributed by atoms with Crippen molar-refractivity contribution in [3.63, 3.8) is 0 Å². The molecule has 5 nitrogen and oxygen atoms in total. The Morgan fingerprint density at radius 1 is 1.10 bits per heavy atom. The van der Waals surface area contributed by atoms with Gasteiger partial charge < -0.3 is 10.1 Å². The highest BCUT2D eigenvalue weighted by Crippen LogP contribution is 2.25. The van der Waals surface area contributed by atoms with Crippen LogP contribution in [0.25, 0.3) is 0 Å². The van der Waals surface area contributed by atoms with E-state index in [-0.39, 0.29) is 16.6 Å². The number of amidine groups is 1. The highest BCUT2D eigenvalue weighted by Gasteiger charge is 2.30. The van der Waals surface area contributed by atoms with Crippen molar-refractivity contribution >= 4 is 29.1 Å². The first kappa shape index (κ1) is 21.1. The van der Waals surface area contributed by atoms with Gasteiger partial charge in [-0.2, -0.15) is 5.10 Å². The minimum Gasteiger partial charge on any atom is -0.494 e. The van der Waals surface area contributed by atoms with E-state index < -0.39 is 0 Å². The first-order valence-electron chi connectivity index (χ1n) is 9.76. The number of nitrogens with one attached hydrogen (secondary N) is 1. The summed E-state index contributed by atoms with van der Waals surface area (Å²) in [5.74, 6) is 0.805. The van der Waals surface area contributed by atoms with Crippen LogP contribution in [0, 0.1) is 0 Å². The normalized spacial score (nSPS) is 18.4. The Morgan fingerprint density at radius 3 is 2.41 bits per heavy atom. The highest BCUT2D eigenvalue weighted by atomic mass is 32.2. The van der Waals surface area contributed by atoms with Crippen LogP contribution in [0.5, 0.6) is 5.75 Å². The van der Waals surface area contributed by atoms with Crippen LogP contribution >= 0.6 is 11.8 Å². The van der Waals surface area contributed by atoms with Gasteiger partial charge in [0.25, 0.3) is 0 Å². The van der Waals surface area contributed by atoms with Gasteiger partial charge in [-0.05, 0) is 47.6 Å². The largest absolute Gasteiger partial charge is 0.494 e. The van der Waals surface area contributed by atoms with Gasteiger partial charge >= 0.3 is 0 Å². The third-order valence-electron chi connectivity index (χ3n) is 4.56. The molecule has 2 aromatic carbocycles. The van der Waals surface area contributed by atoms with E-state index in [4.69, 9.17) is 4.74 Å². The molecule has 1 fully saturated rings. The number of rotatable bonds is 6. The van der Waals surface area contributed by atoms with E-state index in [0.717, 1.165) is 16.9 Å². The van der Waals surface area contributed by atoms with Crippen LogP contribution in [-0.4, -0.2) is 29.1 Å². The first-order valence-corrected chi connectivity index (χ1v) is 10.6. The Kier molecular flexibility index (Phi) is 6.75. The Hall–Kier alpha value is -2.60. The molecule has 0 aromatic heterocycles. The summed E-state index contributed by atoms with van der Waals surface area (Å²) in [6.45, 7) is 9.16. The van der Waals surface area contributed by atoms with Crippen LogP contribution in [0.4, 0.5) is 0 Å². The van der Waals surface area contributed by atoms with E-state index in [1.807, 2.05) is 43.3 Å². The molecule has 1 unspecified atom stereocenters. The van der Waals surface area contributed by atoms with Gasteiger partial charge in [0.05, 0.1) is 18.1 Å². The standard InChI is InChI=1S/C23H27N3O2S/c1-5-28-19-12-8-16(9-13-19)14-20-21(27)25-22(29-20)26-24-15-17-6-10-18(11-7-17)23(2,3)4/h6-13,15,20H,5,14H2,1-4H3,(H,25,26,27)/b24-15+. The molecule has 1 atom stereocenters. The molecule has 0 bridgehead atoms. The molecule has 0 radical (unpaired) electrons. The summed E-state index contributed by atoms with van der Waals surface area (Å²) < 4.78 is 5.45. The lowest BCUT2D eigenvalue weighted by Gasteiger charge is -2.18. The predicted octanol–water partition coefficient (Wildman–Crippen LogP) is 4.55. The molecule has 29 heavy (non-hydrogen) atoms. The van der Waals surface area contributed by atoms with Crippen molar-refractivity contribution in [2.45, 2.75) is 44.8 Å². The Bertz CT molecular complexity index is 897. The zero-order valence-corrected chi connectivity index (χ0v) is 18.1. The second kappa shape index (κ2) is 9.27. The minimum atomic E-state index is -0.201. The van der Waals surface area contributed by atoms with Crippen molar-refractivity contribution in [1.82, 2.24) is 5.32 Å². The van der Waals surface area contributed by atoms with Gasteiger partial charge in [0.15, 0.2) is 5.17 Å². The quantitative estimate of drug-likeness (QED) is 0.562. The number of ether oxygens (including phenoxy) is 1. The van der Waals surface area contributed by atoms with Crippen molar-refractivity contribution in [2.24, 2.45) is 10.2 Å². The van der Waals surface area contributed by atoms with E-state index in [1.54, 1.807) is 6.21 Å². The van der Waals surface area contributed by atoms with E-state index in [0.29, 0.717) is 18.2 Å². The van der Waals surface area contributed by atoms with Crippen LogP contribution in [0.1, 0.15) is 44.4 Å². The predicted molar refractivity (Wildman–Crippen MR) is 121 cm³/mol. The molecule has 1 aliphatic rings. The Labute approximate surface area is 176 Å². The molecule has 3 rings (SSSR count). The second-order valence-corrected chi connectivity index (χ2v) is 9.09. The van der Waals surface area contributed by atoms with Gasteiger partial charge in [-0.1, -0.05) is 68.9 Å². The molecule has 152 valence electrons. The lowest BCUT2D eigenvalue weighted by molar-refractivity contribution is -0.118. The van der Waals surface area contributed by atoms with Crippen molar-refractivity contribution in [3.8, 4) is 5.75 Å². The molecule has 6 heteroatoms. The van der Waals surface area contributed by atoms with Crippen LogP contribution in [0.2, 0.25) is 0 Å². The molecular weight excluding hydrogens is 382 g/mol. The Balaban J connectivity index is 1.57. The molecule has 1 heterocycles. The molecule has 1 saturated heterocycles. The summed E-state index contributed by atoms with van der Waals surface area (Å²) in [5.41, 5.74) is 3.46. The molecule has 1 aliphatic heterocycles. The molecule has 1 amide bonds. The third kappa shape index (κ3) is 5.94. The molecule has 2 aromatic rings. The number of carbonyl (C=O) groups excluding carboxylic acids is 1. The lowest BCUT2D eigenvalue weighted by Crippen LogP contribution is -2.25. The van der Waals surface area contributed by atoms with Crippen LogP contribution in [0.3, 0.4) is 0 Å². The summed E-state index contributed by atoms with van der Waals surface area (Å²) in [6.07, 6.45) is 2.34. The monoisotopic (exact) mass is 409 g/mol. The fraction of sp³-hybridized carbons (Fsp3) is 0.348. The van der Waals surface area contributed by atoms with Crippen molar-refractivity contribution in [1.29, 1.82) is 0 Å². The van der Waals surface area contributed by atoms with E-state index in [1.165, 1.54) is 17.3 Å². The summed E-state index contributed by atoms with van der Waals surface area (Å²) >= 11 is 1.41. The van der Waals surface area contributed by atoms with Gasteiger partial charge in [0.1, 0.15) is 5.75 Å². The zero-order chi connectivity index (χ0) is 20.9. The van der Waals surface area contributed by atoms with Crippen molar-refractivity contribution in [2.75, 3.05) is 6.61 Å². The van der Waals surface area contributed by atoms with Gasteiger partial charge in [0.2, 0.25) is 5.91 Å². The van der Waals surface area contributed by atoms with E-state index in [2.05, 4.69) is 48.4 Å². The van der Waals surface area contributed by atoms with Gasteiger partial charge in [0, 0.05) is 0 Å². The first-order chi connectivity index (χ1) is 13.8. The number of hydrogen-bond donors (Lipinski definition) is 1. The highest BCUT2D eigenvalue weighted by molar-refractivity contribution is 8.15. The summed E-state index contributed by atoms with van der Waals surface area (Å²) in [7, 11) is 0. The summed E-state index contributed by atoms with van der Waals surface area (Å²) in [6, 6.07) is 16.1. The average Bonchev–Trinajstić information content (AvgIpc) is 3.02. The fourth-order valence-electron chi connectivity index (χ4n) is 2.91. The van der Waals surface area contributed by atoms with Crippen LogP contribution < -0.4 is 10.1 Å². The fourth-order valence-corrected chi connectivity index (χ4v) is 3.87. The number of amides is 1. The van der Waals surface area contributed by atoms with Crippen LogP contribution in [0.15, 0.2) is 58.7 Å².